The molecule has 6 nitrogen and oxygen atoms in total. The molecule has 2 aromatic rings. The van der Waals surface area contributed by atoms with Gasteiger partial charge in [-0.1, -0.05) is 47.5 Å². The lowest BCUT2D eigenvalue weighted by atomic mass is 10.1. The number of carbonyl (C=O) groups excluding carboxylic acids is 2. The summed E-state index contributed by atoms with van der Waals surface area (Å²) in [5.74, 6) is -0.148. The molecule has 1 aliphatic rings. The van der Waals surface area contributed by atoms with Crippen LogP contribution in [0.15, 0.2) is 48.5 Å². The molecular weight excluding hydrogens is 439 g/mol. The third-order valence-electron chi connectivity index (χ3n) is 5.15. The zero-order valence-electron chi connectivity index (χ0n) is 17.4. The summed E-state index contributed by atoms with van der Waals surface area (Å²) in [5, 5.41) is 3.92. The van der Waals surface area contributed by atoms with E-state index in [1.807, 2.05) is 12.1 Å². The smallest absolute Gasteiger partial charge is 0.261 e. The van der Waals surface area contributed by atoms with Crippen LogP contribution >= 0.6 is 23.2 Å². The van der Waals surface area contributed by atoms with Crippen LogP contribution in [0, 0.1) is 0 Å². The maximum absolute atomic E-state index is 13.0. The number of ether oxygens (including phenoxy) is 2. The summed E-state index contributed by atoms with van der Waals surface area (Å²) in [4.78, 5) is 27.3. The highest BCUT2D eigenvalue weighted by Crippen LogP contribution is 2.23. The lowest BCUT2D eigenvalue weighted by Crippen LogP contribution is -2.50. The van der Waals surface area contributed by atoms with Gasteiger partial charge < -0.3 is 19.7 Å². The number of hydrogen-bond donors (Lipinski definition) is 1. The van der Waals surface area contributed by atoms with Gasteiger partial charge in [-0.3, -0.25) is 9.59 Å². The summed E-state index contributed by atoms with van der Waals surface area (Å²) < 4.78 is 11.2. The van der Waals surface area contributed by atoms with Gasteiger partial charge in [0, 0.05) is 24.7 Å². The summed E-state index contributed by atoms with van der Waals surface area (Å²) in [6, 6.07) is 13.4. The summed E-state index contributed by atoms with van der Waals surface area (Å²) in [6.45, 7) is 2.87. The zero-order chi connectivity index (χ0) is 22.2. The Balaban J connectivity index is 1.67. The third-order valence-corrected chi connectivity index (χ3v) is 5.71. The van der Waals surface area contributed by atoms with E-state index < -0.39 is 6.04 Å². The average Bonchev–Trinajstić information content (AvgIpc) is 3.29. The zero-order valence-corrected chi connectivity index (χ0v) is 18.9. The molecule has 1 fully saturated rings. The van der Waals surface area contributed by atoms with Crippen molar-refractivity contribution in [2.75, 3.05) is 19.8 Å². The van der Waals surface area contributed by atoms with E-state index in [1.54, 1.807) is 43.3 Å². The largest absolute Gasteiger partial charge is 0.482 e. The van der Waals surface area contributed by atoms with Crippen molar-refractivity contribution in [1.82, 2.24) is 10.2 Å². The van der Waals surface area contributed by atoms with Gasteiger partial charge in [-0.2, -0.15) is 0 Å². The minimum absolute atomic E-state index is 0.0279. The van der Waals surface area contributed by atoms with Crippen molar-refractivity contribution in [3.05, 3.63) is 64.1 Å². The minimum atomic E-state index is -0.695. The Kier molecular flexibility index (Phi) is 8.58. The predicted octanol–water partition coefficient (Wildman–Crippen LogP) is 4.08. The lowest BCUT2D eigenvalue weighted by molar-refractivity contribution is -0.142. The van der Waals surface area contributed by atoms with Gasteiger partial charge in [-0.15, -0.1) is 0 Å². The molecule has 0 radical (unpaired) electrons. The number of amides is 2. The standard InChI is InChI=1S/C23H26Cl2N2O4/c1-16(23(29)26-13-19-5-4-12-30-19)27(14-17-8-10-18(24)11-9-17)22(28)15-31-21-7-3-2-6-20(21)25/h2-3,6-11,16,19H,4-5,12-15H2,1H3,(H,26,29)/t16-,19-/m1/s1. The normalized spacial score (nSPS) is 16.5. The summed E-state index contributed by atoms with van der Waals surface area (Å²) in [5.41, 5.74) is 0.856. The Labute approximate surface area is 192 Å². The van der Waals surface area contributed by atoms with E-state index in [1.165, 1.54) is 4.90 Å². The fourth-order valence-electron chi connectivity index (χ4n) is 3.32. The number of halogens is 2. The molecule has 1 saturated heterocycles. The highest BCUT2D eigenvalue weighted by Gasteiger charge is 2.27. The second-order valence-corrected chi connectivity index (χ2v) is 8.27. The molecule has 1 aliphatic heterocycles. The number of carbonyl (C=O) groups is 2. The third kappa shape index (κ3) is 6.86. The van der Waals surface area contributed by atoms with Crippen LogP contribution in [0.4, 0.5) is 0 Å². The van der Waals surface area contributed by atoms with E-state index in [0.29, 0.717) is 22.3 Å². The van der Waals surface area contributed by atoms with Crippen LogP contribution < -0.4 is 10.1 Å². The molecule has 1 heterocycles. The van der Waals surface area contributed by atoms with Gasteiger partial charge in [0.1, 0.15) is 11.8 Å². The topological polar surface area (TPSA) is 67.9 Å². The monoisotopic (exact) mass is 464 g/mol. The number of benzene rings is 2. The second-order valence-electron chi connectivity index (χ2n) is 7.42. The van der Waals surface area contributed by atoms with Crippen molar-refractivity contribution < 1.29 is 19.1 Å². The summed E-state index contributed by atoms with van der Waals surface area (Å²) >= 11 is 12.1. The van der Waals surface area contributed by atoms with Crippen molar-refractivity contribution in [3.8, 4) is 5.75 Å². The highest BCUT2D eigenvalue weighted by atomic mass is 35.5. The first kappa shape index (κ1) is 23.4. The van der Waals surface area contributed by atoms with Gasteiger partial charge in [0.05, 0.1) is 11.1 Å². The number of nitrogens with one attached hydrogen (secondary N) is 1. The quantitative estimate of drug-likeness (QED) is 0.606. The highest BCUT2D eigenvalue weighted by molar-refractivity contribution is 6.32. The van der Waals surface area contributed by atoms with Crippen LogP contribution in [0.1, 0.15) is 25.3 Å². The summed E-state index contributed by atoms with van der Waals surface area (Å²) in [6.07, 6.45) is 1.95. The Morgan fingerprint density at radius 2 is 1.94 bits per heavy atom. The van der Waals surface area contributed by atoms with Gasteiger partial charge in [0.2, 0.25) is 5.91 Å². The van der Waals surface area contributed by atoms with Gasteiger partial charge in [-0.25, -0.2) is 0 Å². The minimum Gasteiger partial charge on any atom is -0.482 e. The Hall–Kier alpha value is -2.28. The van der Waals surface area contributed by atoms with Crippen molar-refractivity contribution in [2.45, 2.75) is 38.5 Å². The second kappa shape index (κ2) is 11.4. The molecular formula is C23H26Cl2N2O4. The Bertz CT molecular complexity index is 885. The number of para-hydroxylation sites is 1. The summed E-state index contributed by atoms with van der Waals surface area (Å²) in [7, 11) is 0. The molecule has 0 saturated carbocycles. The predicted molar refractivity (Wildman–Crippen MR) is 120 cm³/mol. The fraction of sp³-hybridized carbons (Fsp3) is 0.391. The molecule has 166 valence electrons. The van der Waals surface area contributed by atoms with E-state index in [4.69, 9.17) is 32.7 Å². The molecule has 0 bridgehead atoms. The van der Waals surface area contributed by atoms with Crippen LogP contribution in [0.5, 0.6) is 5.75 Å². The maximum Gasteiger partial charge on any atom is 0.261 e. The molecule has 0 aliphatic carbocycles. The van der Waals surface area contributed by atoms with Gasteiger partial charge in [0.15, 0.2) is 6.61 Å². The van der Waals surface area contributed by atoms with E-state index in [0.717, 1.165) is 25.0 Å². The first-order valence-electron chi connectivity index (χ1n) is 10.2. The van der Waals surface area contributed by atoms with Crippen LogP contribution in [0.2, 0.25) is 10.0 Å². The van der Waals surface area contributed by atoms with E-state index >= 15 is 0 Å². The molecule has 1 N–H and O–H groups in total. The van der Waals surface area contributed by atoms with Gasteiger partial charge in [0.25, 0.3) is 5.91 Å². The van der Waals surface area contributed by atoms with Gasteiger partial charge in [-0.05, 0) is 49.6 Å². The molecule has 31 heavy (non-hydrogen) atoms. The van der Waals surface area contributed by atoms with Crippen LogP contribution in [0.25, 0.3) is 0 Å². The first-order chi connectivity index (χ1) is 14.9. The van der Waals surface area contributed by atoms with Crippen LogP contribution in [-0.4, -0.2) is 48.6 Å². The van der Waals surface area contributed by atoms with Crippen molar-refractivity contribution in [1.29, 1.82) is 0 Å². The van der Waals surface area contributed by atoms with Crippen LogP contribution in [0.3, 0.4) is 0 Å². The van der Waals surface area contributed by atoms with Crippen molar-refractivity contribution in [3.63, 3.8) is 0 Å². The number of hydrogen-bond acceptors (Lipinski definition) is 4. The molecule has 8 heteroatoms. The SMILES string of the molecule is C[C@H](C(=O)NC[C@H]1CCCO1)N(Cc1ccc(Cl)cc1)C(=O)COc1ccccc1Cl. The van der Waals surface area contributed by atoms with Crippen LogP contribution in [-0.2, 0) is 20.9 Å². The number of nitrogens with zero attached hydrogens (tertiary/aromatic N) is 1. The van der Waals surface area contributed by atoms with Gasteiger partial charge >= 0.3 is 0 Å². The van der Waals surface area contributed by atoms with E-state index in [9.17, 15) is 9.59 Å². The maximum atomic E-state index is 13.0. The fourth-order valence-corrected chi connectivity index (χ4v) is 3.64. The molecule has 2 atom stereocenters. The average molecular weight is 465 g/mol. The van der Waals surface area contributed by atoms with Crippen molar-refractivity contribution >= 4 is 35.0 Å². The Morgan fingerprint density at radius 3 is 2.61 bits per heavy atom. The molecule has 0 aromatic heterocycles. The molecule has 0 unspecified atom stereocenters. The molecule has 0 spiro atoms. The first-order valence-corrected chi connectivity index (χ1v) is 11.0. The Morgan fingerprint density at radius 1 is 1.19 bits per heavy atom. The molecule has 3 rings (SSSR count). The van der Waals surface area contributed by atoms with Crippen molar-refractivity contribution in [2.24, 2.45) is 0 Å². The van der Waals surface area contributed by atoms with E-state index in [2.05, 4.69) is 5.32 Å². The molecule has 2 amide bonds. The van der Waals surface area contributed by atoms with E-state index in [-0.39, 0.29) is 31.1 Å². The number of rotatable bonds is 9. The molecule has 2 aromatic carbocycles. The lowest BCUT2D eigenvalue weighted by Gasteiger charge is -2.29.